The molecule has 0 amide bonds. The molecule has 5 nitrogen and oxygen atoms in total. The fraction of sp³-hybridized carbons (Fsp3) is 0.256. The van der Waals surface area contributed by atoms with Crippen LogP contribution in [0.15, 0.2) is 109 Å². The largest absolute Gasteiger partial charge is 0.457 e. The van der Waals surface area contributed by atoms with Gasteiger partial charge in [-0.05, 0) is 89.9 Å². The van der Waals surface area contributed by atoms with Gasteiger partial charge in [-0.3, -0.25) is 4.57 Å². The molecule has 4 aromatic carbocycles. The SMILES string of the molecule is CCCc1ccc2c(c1)c1ccc(Oc3cccc(-n4nc(CC)c(-c5ccccc5)c4CC)c3)cc1n2-c1cc(C(C)(C)C)ccn1. The lowest BCUT2D eigenvalue weighted by atomic mass is 9.88. The predicted octanol–water partition coefficient (Wildman–Crippen LogP) is 11.2. The molecular formula is C43H44N4O. The Morgan fingerprint density at radius 1 is 0.708 bits per heavy atom. The summed E-state index contributed by atoms with van der Waals surface area (Å²) in [6, 6.07) is 36.5. The Balaban J connectivity index is 1.32. The van der Waals surface area contributed by atoms with Crippen molar-refractivity contribution in [2.45, 2.75) is 72.6 Å². The number of benzene rings is 4. The third kappa shape index (κ3) is 5.79. The number of ether oxygens (including phenoxy) is 1. The summed E-state index contributed by atoms with van der Waals surface area (Å²) in [6.45, 7) is 13.3. The van der Waals surface area contributed by atoms with E-state index in [1.54, 1.807) is 0 Å². The van der Waals surface area contributed by atoms with Crippen LogP contribution in [0.1, 0.15) is 70.5 Å². The maximum Gasteiger partial charge on any atom is 0.137 e. The van der Waals surface area contributed by atoms with Crippen molar-refractivity contribution in [1.29, 1.82) is 0 Å². The summed E-state index contributed by atoms with van der Waals surface area (Å²) in [4.78, 5) is 4.88. The molecule has 5 heteroatoms. The summed E-state index contributed by atoms with van der Waals surface area (Å²) >= 11 is 0. The Bertz CT molecular complexity index is 2230. The van der Waals surface area contributed by atoms with Crippen LogP contribution in [-0.2, 0) is 24.7 Å². The summed E-state index contributed by atoms with van der Waals surface area (Å²) in [5.74, 6) is 2.46. The second kappa shape index (κ2) is 12.8. The third-order valence-electron chi connectivity index (χ3n) is 9.27. The van der Waals surface area contributed by atoms with Crippen molar-refractivity contribution in [3.8, 4) is 34.1 Å². The molecule has 0 atom stereocenters. The van der Waals surface area contributed by atoms with Crippen LogP contribution in [0, 0.1) is 0 Å². The second-order valence-electron chi connectivity index (χ2n) is 13.6. The molecule has 242 valence electrons. The minimum absolute atomic E-state index is 0.00992. The van der Waals surface area contributed by atoms with Gasteiger partial charge < -0.3 is 4.74 Å². The molecule has 0 saturated heterocycles. The van der Waals surface area contributed by atoms with Crippen molar-refractivity contribution in [3.05, 3.63) is 132 Å². The van der Waals surface area contributed by atoms with Crippen LogP contribution >= 0.6 is 0 Å². The van der Waals surface area contributed by atoms with E-state index in [-0.39, 0.29) is 5.41 Å². The number of aryl methyl sites for hydroxylation is 2. The number of hydrogen-bond acceptors (Lipinski definition) is 3. The van der Waals surface area contributed by atoms with Crippen LogP contribution in [0.3, 0.4) is 0 Å². The maximum atomic E-state index is 6.62. The lowest BCUT2D eigenvalue weighted by molar-refractivity contribution is 0.482. The van der Waals surface area contributed by atoms with Gasteiger partial charge in [-0.2, -0.15) is 5.10 Å². The van der Waals surface area contributed by atoms with Crippen LogP contribution in [0.2, 0.25) is 0 Å². The molecule has 0 unspecified atom stereocenters. The van der Waals surface area contributed by atoms with E-state index in [9.17, 15) is 0 Å². The molecule has 0 spiro atoms. The van der Waals surface area contributed by atoms with Gasteiger partial charge in [0.25, 0.3) is 0 Å². The second-order valence-corrected chi connectivity index (χ2v) is 13.6. The first-order valence-electron chi connectivity index (χ1n) is 17.3. The highest BCUT2D eigenvalue weighted by atomic mass is 16.5. The number of aromatic nitrogens is 4. The average molecular weight is 633 g/mol. The number of hydrogen-bond donors (Lipinski definition) is 0. The molecule has 0 aliphatic carbocycles. The van der Waals surface area contributed by atoms with E-state index in [1.165, 1.54) is 38.7 Å². The number of pyridine rings is 1. The van der Waals surface area contributed by atoms with Gasteiger partial charge in [-0.1, -0.05) is 90.4 Å². The lowest BCUT2D eigenvalue weighted by Crippen LogP contribution is -2.12. The Labute approximate surface area is 283 Å². The van der Waals surface area contributed by atoms with E-state index in [1.807, 2.05) is 18.3 Å². The number of fused-ring (bicyclic) bond motifs is 3. The molecule has 0 saturated carbocycles. The molecule has 0 radical (unpaired) electrons. The number of nitrogens with zero attached hydrogens (tertiary/aromatic N) is 4. The zero-order valence-electron chi connectivity index (χ0n) is 28.9. The van der Waals surface area contributed by atoms with E-state index in [2.05, 4.69) is 142 Å². The fourth-order valence-electron chi connectivity index (χ4n) is 6.85. The van der Waals surface area contributed by atoms with Gasteiger partial charge in [0.1, 0.15) is 17.3 Å². The smallest absolute Gasteiger partial charge is 0.137 e. The molecule has 0 bridgehead atoms. The van der Waals surface area contributed by atoms with Crippen molar-refractivity contribution >= 4 is 21.8 Å². The molecule has 0 fully saturated rings. The standard InChI is InChI=1S/C43H44N4O/c1-7-14-29-19-22-39-36(25-29)35-21-20-34(28-40(35)46(39)41-26-31(23-24-44-41)43(4,5)6)48-33-18-13-17-32(27-33)47-38(9-3)42(37(8-2)45-47)30-15-11-10-12-16-30/h10-13,15-28H,7-9,14H2,1-6H3. The van der Waals surface area contributed by atoms with Gasteiger partial charge in [0, 0.05) is 34.7 Å². The molecule has 0 aliphatic rings. The molecule has 7 rings (SSSR count). The van der Waals surface area contributed by atoms with Crippen molar-refractivity contribution < 1.29 is 4.74 Å². The zero-order valence-corrected chi connectivity index (χ0v) is 28.9. The molecule has 0 aliphatic heterocycles. The highest BCUT2D eigenvalue weighted by molar-refractivity contribution is 6.09. The van der Waals surface area contributed by atoms with E-state index < -0.39 is 0 Å². The van der Waals surface area contributed by atoms with Crippen LogP contribution in [-0.4, -0.2) is 19.3 Å². The molecule has 0 N–H and O–H groups in total. The summed E-state index contributed by atoms with van der Waals surface area (Å²) in [5.41, 5.74) is 10.6. The van der Waals surface area contributed by atoms with Crippen molar-refractivity contribution in [1.82, 2.24) is 19.3 Å². The summed E-state index contributed by atoms with van der Waals surface area (Å²) in [5, 5.41) is 7.53. The highest BCUT2D eigenvalue weighted by Gasteiger charge is 2.20. The normalized spacial score (nSPS) is 11.9. The minimum atomic E-state index is 0.00992. The first-order valence-corrected chi connectivity index (χ1v) is 17.3. The quantitative estimate of drug-likeness (QED) is 0.159. The van der Waals surface area contributed by atoms with Crippen LogP contribution in [0.25, 0.3) is 44.4 Å². The Kier molecular flexibility index (Phi) is 8.38. The van der Waals surface area contributed by atoms with Crippen LogP contribution < -0.4 is 4.74 Å². The van der Waals surface area contributed by atoms with Crippen molar-refractivity contribution in [2.75, 3.05) is 0 Å². The van der Waals surface area contributed by atoms with Gasteiger partial charge in [-0.25, -0.2) is 9.67 Å². The van der Waals surface area contributed by atoms with Gasteiger partial charge in [-0.15, -0.1) is 0 Å². The Morgan fingerprint density at radius 3 is 2.27 bits per heavy atom. The predicted molar refractivity (Wildman–Crippen MR) is 199 cm³/mol. The summed E-state index contributed by atoms with van der Waals surface area (Å²) in [6.07, 6.45) is 5.83. The lowest BCUT2D eigenvalue weighted by Gasteiger charge is -2.20. The monoisotopic (exact) mass is 632 g/mol. The molecular weight excluding hydrogens is 589 g/mol. The van der Waals surface area contributed by atoms with Gasteiger partial charge in [0.05, 0.1) is 28.1 Å². The number of rotatable bonds is 9. The van der Waals surface area contributed by atoms with Crippen molar-refractivity contribution in [2.24, 2.45) is 0 Å². The molecule has 48 heavy (non-hydrogen) atoms. The van der Waals surface area contributed by atoms with Crippen molar-refractivity contribution in [3.63, 3.8) is 0 Å². The Hall–Kier alpha value is -5.16. The van der Waals surface area contributed by atoms with Crippen LogP contribution in [0.5, 0.6) is 11.5 Å². The first kappa shape index (κ1) is 31.4. The zero-order chi connectivity index (χ0) is 33.4. The summed E-state index contributed by atoms with van der Waals surface area (Å²) in [7, 11) is 0. The molecule has 3 heterocycles. The highest BCUT2D eigenvalue weighted by Crippen LogP contribution is 2.37. The topological polar surface area (TPSA) is 44.9 Å². The van der Waals surface area contributed by atoms with E-state index in [0.717, 1.165) is 65.4 Å². The first-order chi connectivity index (χ1) is 23.3. The van der Waals surface area contributed by atoms with E-state index >= 15 is 0 Å². The van der Waals surface area contributed by atoms with Gasteiger partial charge in [0.15, 0.2) is 0 Å². The van der Waals surface area contributed by atoms with E-state index in [4.69, 9.17) is 14.8 Å². The maximum absolute atomic E-state index is 6.62. The molecule has 3 aromatic heterocycles. The third-order valence-corrected chi connectivity index (χ3v) is 9.27. The average Bonchev–Trinajstić information content (AvgIpc) is 3.64. The Morgan fingerprint density at radius 2 is 1.52 bits per heavy atom. The fourth-order valence-corrected chi connectivity index (χ4v) is 6.85. The van der Waals surface area contributed by atoms with Gasteiger partial charge >= 0.3 is 0 Å². The van der Waals surface area contributed by atoms with E-state index in [0.29, 0.717) is 0 Å². The van der Waals surface area contributed by atoms with Gasteiger partial charge in [0.2, 0.25) is 0 Å². The minimum Gasteiger partial charge on any atom is -0.457 e. The summed E-state index contributed by atoms with van der Waals surface area (Å²) < 4.78 is 11.0. The van der Waals surface area contributed by atoms with Crippen LogP contribution in [0.4, 0.5) is 0 Å². The molecule has 7 aromatic rings.